The number of likely N-dealkylation sites (tertiary alicyclic amines) is 1. The van der Waals surface area contributed by atoms with E-state index < -0.39 is 21.8 Å². The van der Waals surface area contributed by atoms with Crippen molar-refractivity contribution in [2.45, 2.75) is 42.7 Å². The number of carboxylic acid groups (broad SMARTS) is 1. The van der Waals surface area contributed by atoms with Gasteiger partial charge in [-0.2, -0.15) is 0 Å². The van der Waals surface area contributed by atoms with E-state index in [1.807, 2.05) is 17.0 Å². The van der Waals surface area contributed by atoms with Gasteiger partial charge in [0.15, 0.2) is 9.84 Å². The van der Waals surface area contributed by atoms with Crippen molar-refractivity contribution in [1.82, 2.24) is 4.90 Å². The lowest BCUT2D eigenvalue weighted by molar-refractivity contribution is -0.146. The van der Waals surface area contributed by atoms with Gasteiger partial charge in [0.05, 0.1) is 10.6 Å². The van der Waals surface area contributed by atoms with Gasteiger partial charge in [0.25, 0.3) is 0 Å². The summed E-state index contributed by atoms with van der Waals surface area (Å²) in [5.41, 5.74) is 0.761. The van der Waals surface area contributed by atoms with E-state index >= 15 is 0 Å². The molecule has 1 aromatic carbocycles. The van der Waals surface area contributed by atoms with Crippen LogP contribution in [-0.4, -0.2) is 42.7 Å². The fraction of sp³-hybridized carbons (Fsp3) is 0.533. The van der Waals surface area contributed by atoms with Crippen molar-refractivity contribution >= 4 is 15.8 Å². The van der Waals surface area contributed by atoms with Gasteiger partial charge in [0.2, 0.25) is 0 Å². The molecule has 0 bridgehead atoms. The molecule has 0 aliphatic carbocycles. The van der Waals surface area contributed by atoms with Crippen LogP contribution >= 0.6 is 0 Å². The summed E-state index contributed by atoms with van der Waals surface area (Å²) in [5.74, 6) is -0.710. The number of benzene rings is 1. The van der Waals surface area contributed by atoms with Crippen molar-refractivity contribution in [3.63, 3.8) is 0 Å². The Morgan fingerprint density at radius 1 is 1.19 bits per heavy atom. The van der Waals surface area contributed by atoms with Gasteiger partial charge in [-0.15, -0.1) is 0 Å². The molecule has 0 radical (unpaired) electrons. The highest BCUT2D eigenvalue weighted by atomic mass is 32.2. The zero-order valence-corrected chi connectivity index (χ0v) is 12.6. The van der Waals surface area contributed by atoms with Crippen molar-refractivity contribution in [3.05, 3.63) is 29.8 Å². The van der Waals surface area contributed by atoms with Crippen molar-refractivity contribution in [2.24, 2.45) is 0 Å². The Morgan fingerprint density at radius 3 is 2.71 bits per heavy atom. The number of carbonyl (C=O) groups is 1. The highest BCUT2D eigenvalue weighted by molar-refractivity contribution is 7.91. The molecule has 1 fully saturated rings. The van der Waals surface area contributed by atoms with E-state index in [0.717, 1.165) is 24.9 Å². The molecule has 1 aromatic rings. The minimum Gasteiger partial charge on any atom is -0.480 e. The largest absolute Gasteiger partial charge is 0.480 e. The van der Waals surface area contributed by atoms with E-state index in [0.29, 0.717) is 17.7 Å². The van der Waals surface area contributed by atoms with Crippen LogP contribution in [0.25, 0.3) is 0 Å². The number of rotatable bonds is 2. The summed E-state index contributed by atoms with van der Waals surface area (Å²) in [6.45, 7) is 0.718. The molecule has 114 valence electrons. The van der Waals surface area contributed by atoms with E-state index in [9.17, 15) is 18.3 Å². The van der Waals surface area contributed by atoms with Gasteiger partial charge in [-0.1, -0.05) is 24.6 Å². The number of aliphatic carboxylic acids is 1. The Morgan fingerprint density at radius 2 is 1.95 bits per heavy atom. The number of sulfone groups is 1. The maximum absolute atomic E-state index is 12.2. The summed E-state index contributed by atoms with van der Waals surface area (Å²) in [7, 11) is -3.23. The summed E-state index contributed by atoms with van der Waals surface area (Å²) in [5, 5.41) is 9.43. The van der Waals surface area contributed by atoms with E-state index in [2.05, 4.69) is 0 Å². The van der Waals surface area contributed by atoms with Crippen LogP contribution < -0.4 is 0 Å². The normalized spacial score (nSPS) is 28.8. The van der Waals surface area contributed by atoms with Crippen LogP contribution in [0.2, 0.25) is 0 Å². The molecular formula is C15H19NO4S. The molecule has 5 nitrogen and oxygen atoms in total. The van der Waals surface area contributed by atoms with Gasteiger partial charge in [0, 0.05) is 6.04 Å². The Bertz CT molecular complexity index is 655. The molecule has 1 saturated heterocycles. The maximum Gasteiger partial charge on any atom is 0.320 e. The van der Waals surface area contributed by atoms with Gasteiger partial charge in [0.1, 0.15) is 6.04 Å². The lowest BCUT2D eigenvalue weighted by Gasteiger charge is -2.41. The third kappa shape index (κ3) is 2.58. The number of carboxylic acids is 1. The van der Waals surface area contributed by atoms with Gasteiger partial charge < -0.3 is 5.11 Å². The SMILES string of the molecule is O=C(O)C1CCCCN1C1CCS(=O)(=O)c2ccccc21. The summed E-state index contributed by atoms with van der Waals surface area (Å²) >= 11 is 0. The average Bonchev–Trinajstić information content (AvgIpc) is 2.47. The minimum absolute atomic E-state index is 0.0948. The molecule has 21 heavy (non-hydrogen) atoms. The van der Waals surface area contributed by atoms with Crippen LogP contribution in [0.1, 0.15) is 37.3 Å². The van der Waals surface area contributed by atoms with E-state index in [1.165, 1.54) is 0 Å². The van der Waals surface area contributed by atoms with E-state index in [1.54, 1.807) is 12.1 Å². The third-order valence-corrected chi connectivity index (χ3v) is 6.32. The molecule has 0 saturated carbocycles. The molecular weight excluding hydrogens is 290 g/mol. The predicted octanol–water partition coefficient (Wildman–Crippen LogP) is 1.84. The quantitative estimate of drug-likeness (QED) is 0.902. The number of piperidine rings is 1. The summed E-state index contributed by atoms with van der Waals surface area (Å²) < 4.78 is 24.4. The molecule has 2 aliphatic heterocycles. The zero-order valence-electron chi connectivity index (χ0n) is 11.7. The molecule has 2 atom stereocenters. The second-order valence-corrected chi connectivity index (χ2v) is 7.83. The van der Waals surface area contributed by atoms with Crippen LogP contribution in [0.15, 0.2) is 29.2 Å². The van der Waals surface area contributed by atoms with Crippen LogP contribution in [0, 0.1) is 0 Å². The lowest BCUT2D eigenvalue weighted by atomic mass is 9.94. The highest BCUT2D eigenvalue weighted by Gasteiger charge is 2.39. The third-order valence-electron chi connectivity index (χ3n) is 4.50. The summed E-state index contributed by atoms with van der Waals surface area (Å²) in [4.78, 5) is 13.8. The number of hydrogen-bond acceptors (Lipinski definition) is 4. The van der Waals surface area contributed by atoms with Crippen LogP contribution in [-0.2, 0) is 14.6 Å². The molecule has 0 spiro atoms. The van der Waals surface area contributed by atoms with Crippen molar-refractivity contribution in [1.29, 1.82) is 0 Å². The Balaban J connectivity index is 2.01. The zero-order chi connectivity index (χ0) is 15.0. The van der Waals surface area contributed by atoms with Crippen molar-refractivity contribution < 1.29 is 18.3 Å². The highest BCUT2D eigenvalue weighted by Crippen LogP contribution is 2.38. The van der Waals surface area contributed by atoms with Crippen molar-refractivity contribution in [2.75, 3.05) is 12.3 Å². The summed E-state index contributed by atoms with van der Waals surface area (Å²) in [6, 6.07) is 6.40. The Kier molecular flexibility index (Phi) is 3.75. The van der Waals surface area contributed by atoms with Gasteiger partial charge in [-0.25, -0.2) is 8.42 Å². The Labute approximate surface area is 124 Å². The number of hydrogen-bond donors (Lipinski definition) is 1. The summed E-state index contributed by atoms with van der Waals surface area (Å²) in [6.07, 6.45) is 3.00. The molecule has 1 N–H and O–H groups in total. The van der Waals surface area contributed by atoms with Gasteiger partial charge in [-0.3, -0.25) is 9.69 Å². The first-order valence-electron chi connectivity index (χ1n) is 7.31. The topological polar surface area (TPSA) is 74.7 Å². The lowest BCUT2D eigenvalue weighted by Crippen LogP contribution is -2.48. The fourth-order valence-electron chi connectivity index (χ4n) is 3.51. The predicted molar refractivity (Wildman–Crippen MR) is 77.8 cm³/mol. The number of nitrogens with zero attached hydrogens (tertiary/aromatic N) is 1. The second kappa shape index (κ2) is 5.42. The molecule has 6 heteroatoms. The molecule has 0 aromatic heterocycles. The van der Waals surface area contributed by atoms with Gasteiger partial charge in [-0.05, 0) is 37.4 Å². The van der Waals surface area contributed by atoms with Crippen LogP contribution in [0.5, 0.6) is 0 Å². The van der Waals surface area contributed by atoms with E-state index in [4.69, 9.17) is 0 Å². The maximum atomic E-state index is 12.2. The standard InChI is InChI=1S/C15H19NO4S/c17-15(18)13-6-3-4-9-16(13)12-8-10-21(19,20)14-7-2-1-5-11(12)14/h1-2,5,7,12-13H,3-4,6,8-10H2,(H,17,18). The second-order valence-electron chi connectivity index (χ2n) is 5.75. The van der Waals surface area contributed by atoms with Crippen LogP contribution in [0.4, 0.5) is 0 Å². The van der Waals surface area contributed by atoms with Crippen molar-refractivity contribution in [3.8, 4) is 0 Å². The number of fused-ring (bicyclic) bond motifs is 1. The average molecular weight is 309 g/mol. The molecule has 3 rings (SSSR count). The first kappa shape index (κ1) is 14.5. The Hall–Kier alpha value is -1.40. The monoisotopic (exact) mass is 309 g/mol. The molecule has 2 aliphatic rings. The first-order valence-corrected chi connectivity index (χ1v) is 8.96. The van der Waals surface area contributed by atoms with E-state index in [-0.39, 0.29) is 11.8 Å². The van der Waals surface area contributed by atoms with Crippen LogP contribution in [0.3, 0.4) is 0 Å². The van der Waals surface area contributed by atoms with Gasteiger partial charge >= 0.3 is 5.97 Å². The first-order chi connectivity index (χ1) is 10.0. The molecule has 0 amide bonds. The fourth-order valence-corrected chi connectivity index (χ4v) is 5.11. The molecule has 2 heterocycles. The smallest absolute Gasteiger partial charge is 0.320 e. The minimum atomic E-state index is -3.23. The molecule has 2 unspecified atom stereocenters.